The van der Waals surface area contributed by atoms with Gasteiger partial charge in [0.25, 0.3) is 0 Å². The van der Waals surface area contributed by atoms with Crippen molar-refractivity contribution in [2.75, 3.05) is 18.0 Å². The van der Waals surface area contributed by atoms with E-state index >= 15 is 0 Å². The maximum absolute atomic E-state index is 11.5. The second kappa shape index (κ2) is 5.50. The summed E-state index contributed by atoms with van der Waals surface area (Å²) in [5, 5.41) is 18.7. The van der Waals surface area contributed by atoms with E-state index in [0.717, 1.165) is 12.8 Å². The number of nitrogens with two attached hydrogens (primary N) is 1. The maximum Gasteiger partial charge on any atom is 0.338 e. The van der Waals surface area contributed by atoms with Gasteiger partial charge in [-0.25, -0.2) is 9.59 Å². The van der Waals surface area contributed by atoms with Gasteiger partial charge in [0.1, 0.15) is 0 Å². The van der Waals surface area contributed by atoms with E-state index in [0.29, 0.717) is 24.3 Å². The maximum atomic E-state index is 11.5. The van der Waals surface area contributed by atoms with Crippen molar-refractivity contribution in [2.24, 2.45) is 5.73 Å². The molecule has 1 heterocycles. The van der Waals surface area contributed by atoms with Crippen LogP contribution in [0.4, 0.5) is 5.69 Å². The third-order valence-corrected chi connectivity index (χ3v) is 3.69. The number of aromatic carboxylic acids is 2. The second-order valence-corrected chi connectivity index (χ2v) is 5.09. The predicted molar refractivity (Wildman–Crippen MR) is 74.5 cm³/mol. The Bertz CT molecular complexity index is 548. The molecular formula is C14H18N2O4. The van der Waals surface area contributed by atoms with Crippen LogP contribution < -0.4 is 10.6 Å². The lowest BCUT2D eigenvalue weighted by atomic mass is 9.97. The minimum atomic E-state index is -1.11. The molecule has 108 valence electrons. The average molecular weight is 278 g/mol. The molecule has 1 fully saturated rings. The Morgan fingerprint density at radius 2 is 1.80 bits per heavy atom. The van der Waals surface area contributed by atoms with Crippen LogP contribution in [-0.4, -0.2) is 41.3 Å². The van der Waals surface area contributed by atoms with Crippen LogP contribution in [-0.2, 0) is 0 Å². The lowest BCUT2D eigenvalue weighted by Crippen LogP contribution is -2.41. The first-order chi connectivity index (χ1) is 9.41. The van der Waals surface area contributed by atoms with E-state index in [1.165, 1.54) is 12.1 Å². The van der Waals surface area contributed by atoms with Crippen LogP contribution in [0.1, 0.15) is 39.1 Å². The highest BCUT2D eigenvalue weighted by Gasteiger charge is 2.27. The lowest BCUT2D eigenvalue weighted by Gasteiger charge is -2.34. The van der Waals surface area contributed by atoms with Crippen LogP contribution in [0.3, 0.4) is 0 Å². The zero-order chi connectivity index (χ0) is 14.9. The third-order valence-electron chi connectivity index (χ3n) is 3.69. The number of anilines is 1. The molecule has 6 heteroatoms. The predicted octanol–water partition coefficient (Wildman–Crippen LogP) is 1.32. The molecule has 2 rings (SSSR count). The summed E-state index contributed by atoms with van der Waals surface area (Å²) in [6.45, 7) is 2.82. The zero-order valence-electron chi connectivity index (χ0n) is 11.3. The van der Waals surface area contributed by atoms with Crippen molar-refractivity contribution in [3.63, 3.8) is 0 Å². The summed E-state index contributed by atoms with van der Waals surface area (Å²) in [6.07, 6.45) is 1.46. The largest absolute Gasteiger partial charge is 0.478 e. The molecule has 0 bridgehead atoms. The quantitative estimate of drug-likeness (QED) is 0.770. The van der Waals surface area contributed by atoms with Gasteiger partial charge in [0, 0.05) is 19.1 Å². The minimum Gasteiger partial charge on any atom is -0.478 e. The Hall–Kier alpha value is -2.08. The standard InChI is InChI=1S/C14H18N2O4/c1-8-2-3-10(13(17)18)12(11(8)14(19)20)16-6-4-9(15)5-7-16/h2-3,9H,4-7,15H2,1H3,(H,17,18)(H,19,20). The van der Waals surface area contributed by atoms with Crippen molar-refractivity contribution >= 4 is 17.6 Å². The number of benzene rings is 1. The number of hydrogen-bond acceptors (Lipinski definition) is 4. The monoisotopic (exact) mass is 278 g/mol. The van der Waals surface area contributed by atoms with Gasteiger partial charge in [0.05, 0.1) is 16.8 Å². The molecule has 0 atom stereocenters. The molecule has 1 aromatic carbocycles. The van der Waals surface area contributed by atoms with Crippen molar-refractivity contribution in [1.29, 1.82) is 0 Å². The fourth-order valence-corrected chi connectivity index (χ4v) is 2.59. The normalized spacial score (nSPS) is 16.2. The van der Waals surface area contributed by atoms with Crippen LogP contribution in [0.25, 0.3) is 0 Å². The van der Waals surface area contributed by atoms with Gasteiger partial charge in [0.2, 0.25) is 0 Å². The van der Waals surface area contributed by atoms with Crippen LogP contribution in [0, 0.1) is 6.92 Å². The molecular weight excluding hydrogens is 260 g/mol. The number of carboxylic acids is 2. The Morgan fingerprint density at radius 3 is 2.30 bits per heavy atom. The molecule has 0 amide bonds. The molecule has 6 nitrogen and oxygen atoms in total. The van der Waals surface area contributed by atoms with Gasteiger partial charge in [-0.2, -0.15) is 0 Å². The van der Waals surface area contributed by atoms with E-state index in [9.17, 15) is 19.8 Å². The summed E-state index contributed by atoms with van der Waals surface area (Å²) < 4.78 is 0. The van der Waals surface area contributed by atoms with Crippen LogP contribution in [0.2, 0.25) is 0 Å². The summed E-state index contributed by atoms with van der Waals surface area (Å²) in [5.41, 5.74) is 6.81. The van der Waals surface area contributed by atoms with Gasteiger partial charge in [-0.1, -0.05) is 6.07 Å². The molecule has 1 aliphatic heterocycles. The van der Waals surface area contributed by atoms with E-state index in [1.54, 1.807) is 6.92 Å². The first-order valence-corrected chi connectivity index (χ1v) is 6.52. The van der Waals surface area contributed by atoms with Crippen molar-refractivity contribution in [1.82, 2.24) is 0 Å². The van der Waals surface area contributed by atoms with E-state index < -0.39 is 11.9 Å². The Balaban J connectivity index is 2.55. The molecule has 0 unspecified atom stereocenters. The van der Waals surface area contributed by atoms with Gasteiger partial charge in [-0.15, -0.1) is 0 Å². The third kappa shape index (κ3) is 2.60. The number of carbonyl (C=O) groups is 2. The van der Waals surface area contributed by atoms with Crippen LogP contribution in [0.5, 0.6) is 0 Å². The van der Waals surface area contributed by atoms with Gasteiger partial charge >= 0.3 is 11.9 Å². The summed E-state index contributed by atoms with van der Waals surface area (Å²) in [5.74, 6) is -2.21. The first kappa shape index (κ1) is 14.3. The molecule has 0 aliphatic carbocycles. The summed E-state index contributed by atoms with van der Waals surface area (Å²) in [6, 6.07) is 3.10. The second-order valence-electron chi connectivity index (χ2n) is 5.09. The van der Waals surface area contributed by atoms with E-state index in [-0.39, 0.29) is 17.2 Å². The molecule has 0 spiro atoms. The van der Waals surface area contributed by atoms with Crippen LogP contribution >= 0.6 is 0 Å². The zero-order valence-corrected chi connectivity index (χ0v) is 11.3. The molecule has 0 radical (unpaired) electrons. The number of piperidine rings is 1. The van der Waals surface area contributed by atoms with E-state index in [4.69, 9.17) is 5.73 Å². The van der Waals surface area contributed by atoms with Gasteiger partial charge < -0.3 is 20.8 Å². The number of hydrogen-bond donors (Lipinski definition) is 3. The fourth-order valence-electron chi connectivity index (χ4n) is 2.59. The van der Waals surface area contributed by atoms with Crippen molar-refractivity contribution < 1.29 is 19.8 Å². The molecule has 1 saturated heterocycles. The molecule has 4 N–H and O–H groups in total. The molecule has 0 aromatic heterocycles. The smallest absolute Gasteiger partial charge is 0.338 e. The highest BCUT2D eigenvalue weighted by molar-refractivity contribution is 6.04. The number of nitrogens with zero attached hydrogens (tertiary/aromatic N) is 1. The SMILES string of the molecule is Cc1ccc(C(=O)O)c(N2CCC(N)CC2)c1C(=O)O. The lowest BCUT2D eigenvalue weighted by molar-refractivity contribution is 0.0695. The molecule has 0 saturated carbocycles. The number of carboxylic acid groups (broad SMARTS) is 2. The highest BCUT2D eigenvalue weighted by Crippen LogP contribution is 2.31. The van der Waals surface area contributed by atoms with Crippen molar-refractivity contribution in [2.45, 2.75) is 25.8 Å². The van der Waals surface area contributed by atoms with Gasteiger partial charge in [0.15, 0.2) is 0 Å². The fraction of sp³-hybridized carbons (Fsp3) is 0.429. The van der Waals surface area contributed by atoms with Gasteiger partial charge in [-0.3, -0.25) is 0 Å². The summed E-state index contributed by atoms with van der Waals surface area (Å²) in [4.78, 5) is 24.7. The van der Waals surface area contributed by atoms with E-state index in [2.05, 4.69) is 0 Å². The highest BCUT2D eigenvalue weighted by atomic mass is 16.4. The minimum absolute atomic E-state index is 0.0310. The number of rotatable bonds is 3. The summed E-state index contributed by atoms with van der Waals surface area (Å²) >= 11 is 0. The Morgan fingerprint density at radius 1 is 1.20 bits per heavy atom. The Kier molecular flexibility index (Phi) is 3.94. The van der Waals surface area contributed by atoms with E-state index in [1.807, 2.05) is 4.90 Å². The Labute approximate surface area is 116 Å². The first-order valence-electron chi connectivity index (χ1n) is 6.52. The van der Waals surface area contributed by atoms with Gasteiger partial charge in [-0.05, 0) is 31.4 Å². The van der Waals surface area contributed by atoms with Crippen molar-refractivity contribution in [3.05, 3.63) is 28.8 Å². The number of aryl methyl sites for hydroxylation is 1. The molecule has 1 aromatic rings. The molecule has 1 aliphatic rings. The average Bonchev–Trinajstić information content (AvgIpc) is 2.38. The van der Waals surface area contributed by atoms with Crippen LogP contribution in [0.15, 0.2) is 12.1 Å². The molecule has 20 heavy (non-hydrogen) atoms. The summed E-state index contributed by atoms with van der Waals surface area (Å²) in [7, 11) is 0. The topological polar surface area (TPSA) is 104 Å². The van der Waals surface area contributed by atoms with Crippen molar-refractivity contribution in [3.8, 4) is 0 Å².